The van der Waals surface area contributed by atoms with Crippen LogP contribution < -0.4 is 5.73 Å². The second-order valence-corrected chi connectivity index (χ2v) is 13.5. The molecule has 10 heteroatoms. The van der Waals surface area contributed by atoms with E-state index in [0.717, 1.165) is 70.6 Å². The highest BCUT2D eigenvalue weighted by molar-refractivity contribution is 7.47. The van der Waals surface area contributed by atoms with Crippen LogP contribution in [0.3, 0.4) is 0 Å². The van der Waals surface area contributed by atoms with Crippen molar-refractivity contribution in [1.29, 1.82) is 0 Å². The lowest BCUT2D eigenvalue weighted by Gasteiger charge is -2.19. The molecule has 3 N–H and O–H groups in total. The average Bonchev–Trinajstić information content (AvgIpc) is 3.11. The van der Waals surface area contributed by atoms with Crippen LogP contribution in [0.1, 0.15) is 129 Å². The van der Waals surface area contributed by atoms with Crippen LogP contribution in [0.5, 0.6) is 0 Å². The molecular formula is C41H68NO8P. The average molecular weight is 734 g/mol. The van der Waals surface area contributed by atoms with Crippen molar-refractivity contribution in [2.24, 2.45) is 5.73 Å². The minimum atomic E-state index is -4.40. The summed E-state index contributed by atoms with van der Waals surface area (Å²) in [7, 11) is -4.40. The van der Waals surface area contributed by atoms with E-state index in [9.17, 15) is 19.0 Å². The molecule has 0 saturated heterocycles. The third-order valence-electron chi connectivity index (χ3n) is 7.27. The number of hydrogen-bond donors (Lipinski definition) is 2. The van der Waals surface area contributed by atoms with Gasteiger partial charge in [0.25, 0.3) is 0 Å². The zero-order chi connectivity index (χ0) is 37.5. The maximum absolute atomic E-state index is 12.5. The van der Waals surface area contributed by atoms with Gasteiger partial charge in [0.1, 0.15) is 6.61 Å². The van der Waals surface area contributed by atoms with Crippen LogP contribution in [-0.4, -0.2) is 49.3 Å². The van der Waals surface area contributed by atoms with Crippen molar-refractivity contribution in [3.8, 4) is 0 Å². The standard InChI is InChI=1S/C41H68NO8P/c1-3-5-7-9-11-13-15-17-19-21-23-25-27-29-31-33-40(43)47-37-39(38-49-51(45,46)48-36-35-42)50-41(44)34-32-30-28-26-24-22-20-18-16-14-12-10-8-6-4-2/h5,7,11-14,17-20,23-26,39H,3-4,6,8-10,15-16,21-22,27-38,42H2,1-2H3,(H,45,46)/t39-/m1/s1. The normalized spacial score (nSPS) is 14.4. The van der Waals surface area contributed by atoms with Gasteiger partial charge >= 0.3 is 19.8 Å². The van der Waals surface area contributed by atoms with E-state index in [1.54, 1.807) is 0 Å². The Morgan fingerprint density at radius 1 is 0.608 bits per heavy atom. The molecule has 9 nitrogen and oxygen atoms in total. The predicted octanol–water partition coefficient (Wildman–Crippen LogP) is 10.5. The molecular weight excluding hydrogens is 665 g/mol. The quantitative estimate of drug-likeness (QED) is 0.0287. The largest absolute Gasteiger partial charge is 0.472 e. The van der Waals surface area contributed by atoms with E-state index in [2.05, 4.69) is 98.9 Å². The summed E-state index contributed by atoms with van der Waals surface area (Å²) in [6.45, 7) is 3.45. The van der Waals surface area contributed by atoms with Crippen molar-refractivity contribution in [3.05, 3.63) is 85.1 Å². The van der Waals surface area contributed by atoms with Crippen LogP contribution in [0.15, 0.2) is 85.1 Å². The molecule has 0 radical (unpaired) electrons. The van der Waals surface area contributed by atoms with Gasteiger partial charge < -0.3 is 20.1 Å². The van der Waals surface area contributed by atoms with Gasteiger partial charge in [-0.15, -0.1) is 0 Å². The van der Waals surface area contributed by atoms with Crippen molar-refractivity contribution in [1.82, 2.24) is 0 Å². The number of unbranched alkanes of at least 4 members (excludes halogenated alkanes) is 7. The lowest BCUT2D eigenvalue weighted by atomic mass is 10.1. The number of phosphoric ester groups is 1. The van der Waals surface area contributed by atoms with E-state index < -0.39 is 32.5 Å². The van der Waals surface area contributed by atoms with Gasteiger partial charge in [0, 0.05) is 19.4 Å². The fraction of sp³-hybridized carbons (Fsp3) is 0.610. The van der Waals surface area contributed by atoms with Gasteiger partial charge in [0.2, 0.25) is 0 Å². The molecule has 0 aliphatic heterocycles. The maximum atomic E-state index is 12.5. The summed E-state index contributed by atoms with van der Waals surface area (Å²) in [6.07, 6.45) is 44.8. The molecule has 0 aromatic carbocycles. The lowest BCUT2D eigenvalue weighted by molar-refractivity contribution is -0.161. The van der Waals surface area contributed by atoms with Gasteiger partial charge in [0.05, 0.1) is 13.2 Å². The Balaban J connectivity index is 4.40. The highest BCUT2D eigenvalue weighted by Crippen LogP contribution is 2.43. The zero-order valence-electron chi connectivity index (χ0n) is 31.5. The number of carbonyl (C=O) groups excluding carboxylic acids is 2. The second kappa shape index (κ2) is 37.0. The molecule has 0 bridgehead atoms. The molecule has 0 aromatic heterocycles. The Kier molecular flexibility index (Phi) is 34.9. The molecule has 0 fully saturated rings. The molecule has 0 aliphatic rings. The predicted molar refractivity (Wildman–Crippen MR) is 210 cm³/mol. The molecule has 0 heterocycles. The van der Waals surface area contributed by atoms with Crippen molar-refractivity contribution >= 4 is 19.8 Å². The van der Waals surface area contributed by atoms with Gasteiger partial charge in [-0.1, -0.05) is 112 Å². The van der Waals surface area contributed by atoms with Gasteiger partial charge in [-0.25, -0.2) is 4.57 Å². The van der Waals surface area contributed by atoms with Crippen LogP contribution in [-0.2, 0) is 32.7 Å². The van der Waals surface area contributed by atoms with E-state index in [1.165, 1.54) is 19.3 Å². The summed E-state index contributed by atoms with van der Waals surface area (Å²) in [5, 5.41) is 0. The van der Waals surface area contributed by atoms with E-state index in [1.807, 2.05) is 0 Å². The summed E-state index contributed by atoms with van der Waals surface area (Å²) in [4.78, 5) is 34.7. The molecule has 0 saturated carbocycles. The molecule has 0 aromatic rings. The number of esters is 2. The molecule has 2 atom stereocenters. The Hall–Kier alpha value is -2.81. The van der Waals surface area contributed by atoms with Crippen molar-refractivity contribution in [3.63, 3.8) is 0 Å². The van der Waals surface area contributed by atoms with Gasteiger partial charge in [-0.05, 0) is 89.9 Å². The Labute approximate surface area is 309 Å². The summed E-state index contributed by atoms with van der Waals surface area (Å²) in [6, 6.07) is 0. The summed E-state index contributed by atoms with van der Waals surface area (Å²) >= 11 is 0. The fourth-order valence-electron chi connectivity index (χ4n) is 4.45. The van der Waals surface area contributed by atoms with Gasteiger partial charge in [-0.2, -0.15) is 0 Å². The third-order valence-corrected chi connectivity index (χ3v) is 8.25. The minimum absolute atomic E-state index is 0.0367. The molecule has 0 amide bonds. The highest BCUT2D eigenvalue weighted by Gasteiger charge is 2.25. The smallest absolute Gasteiger partial charge is 0.462 e. The Morgan fingerprint density at radius 2 is 1.06 bits per heavy atom. The second-order valence-electron chi connectivity index (χ2n) is 12.1. The van der Waals surface area contributed by atoms with Crippen LogP contribution >= 0.6 is 7.82 Å². The van der Waals surface area contributed by atoms with Crippen molar-refractivity contribution < 1.29 is 37.6 Å². The maximum Gasteiger partial charge on any atom is 0.472 e. The molecule has 51 heavy (non-hydrogen) atoms. The van der Waals surface area contributed by atoms with Crippen molar-refractivity contribution in [2.75, 3.05) is 26.4 Å². The van der Waals surface area contributed by atoms with Crippen LogP contribution in [0.4, 0.5) is 0 Å². The Morgan fingerprint density at radius 3 is 1.53 bits per heavy atom. The molecule has 0 rings (SSSR count). The SMILES string of the molecule is CCC=CCC=CCC=CCC=CCCCCC(=O)OC[C@H](COP(=O)(O)OCCN)OC(=O)CCCCC=CCC=CCC=CCCCCC. The van der Waals surface area contributed by atoms with E-state index in [0.29, 0.717) is 12.8 Å². The first kappa shape index (κ1) is 48.2. The minimum Gasteiger partial charge on any atom is -0.462 e. The topological polar surface area (TPSA) is 134 Å². The van der Waals surface area contributed by atoms with Crippen LogP contribution in [0, 0.1) is 0 Å². The summed E-state index contributed by atoms with van der Waals surface area (Å²) in [5.74, 6) is -0.934. The molecule has 0 spiro atoms. The van der Waals surface area contributed by atoms with Gasteiger partial charge in [0.15, 0.2) is 6.10 Å². The van der Waals surface area contributed by atoms with Crippen LogP contribution in [0.25, 0.3) is 0 Å². The number of hydrogen-bond acceptors (Lipinski definition) is 8. The number of phosphoric acid groups is 1. The Bertz CT molecular complexity index is 1110. The molecule has 290 valence electrons. The van der Waals surface area contributed by atoms with Gasteiger partial charge in [-0.3, -0.25) is 18.6 Å². The number of ether oxygens (including phenoxy) is 2. The molecule has 0 aliphatic carbocycles. The number of rotatable bonds is 34. The number of allylic oxidation sites excluding steroid dienone is 14. The summed E-state index contributed by atoms with van der Waals surface area (Å²) < 4.78 is 32.6. The highest BCUT2D eigenvalue weighted by atomic mass is 31.2. The van der Waals surface area contributed by atoms with Crippen LogP contribution in [0.2, 0.25) is 0 Å². The monoisotopic (exact) mass is 733 g/mol. The lowest BCUT2D eigenvalue weighted by Crippen LogP contribution is -2.29. The fourth-order valence-corrected chi connectivity index (χ4v) is 5.22. The van der Waals surface area contributed by atoms with E-state index in [4.69, 9.17) is 24.3 Å². The third kappa shape index (κ3) is 36.8. The van der Waals surface area contributed by atoms with E-state index >= 15 is 0 Å². The number of carbonyl (C=O) groups is 2. The first-order valence-electron chi connectivity index (χ1n) is 19.1. The first-order valence-corrected chi connectivity index (χ1v) is 20.6. The summed E-state index contributed by atoms with van der Waals surface area (Å²) in [5.41, 5.74) is 5.32. The van der Waals surface area contributed by atoms with Crippen molar-refractivity contribution in [2.45, 2.75) is 136 Å². The van der Waals surface area contributed by atoms with E-state index in [-0.39, 0.29) is 32.6 Å². The molecule has 1 unspecified atom stereocenters. The first-order chi connectivity index (χ1) is 24.8. The number of nitrogens with two attached hydrogens (primary N) is 1. The zero-order valence-corrected chi connectivity index (χ0v) is 32.4.